The maximum absolute atomic E-state index is 5.90. The standard InChI is InChI=1S/C22H21BrClNO/c23-21-14-19(15-25-13-12-17-4-2-1-3-5-17)8-11-22(21)26-16-18-6-9-20(24)10-7-18/h1-11,14,25H,12-13,15-16H2. The number of hydrogen-bond donors (Lipinski definition) is 1. The van der Waals surface area contributed by atoms with Crippen molar-refractivity contribution in [3.63, 3.8) is 0 Å². The molecule has 0 amide bonds. The van der Waals surface area contributed by atoms with Crippen LogP contribution in [0.15, 0.2) is 77.3 Å². The number of rotatable bonds is 8. The predicted molar refractivity (Wildman–Crippen MR) is 112 cm³/mol. The van der Waals surface area contributed by atoms with Gasteiger partial charge in [0.15, 0.2) is 0 Å². The molecule has 0 aliphatic carbocycles. The van der Waals surface area contributed by atoms with Gasteiger partial charge in [0.2, 0.25) is 0 Å². The summed E-state index contributed by atoms with van der Waals surface area (Å²) in [7, 11) is 0. The highest BCUT2D eigenvalue weighted by molar-refractivity contribution is 9.10. The van der Waals surface area contributed by atoms with E-state index in [1.165, 1.54) is 11.1 Å². The van der Waals surface area contributed by atoms with Gasteiger partial charge in [0.1, 0.15) is 12.4 Å². The average molecular weight is 431 g/mol. The van der Waals surface area contributed by atoms with Gasteiger partial charge in [0.05, 0.1) is 4.47 Å². The Balaban J connectivity index is 1.46. The zero-order valence-corrected chi connectivity index (χ0v) is 16.8. The highest BCUT2D eigenvalue weighted by atomic mass is 79.9. The minimum absolute atomic E-state index is 0.518. The Morgan fingerprint density at radius 2 is 1.58 bits per heavy atom. The Morgan fingerprint density at radius 3 is 2.31 bits per heavy atom. The molecule has 0 saturated heterocycles. The van der Waals surface area contributed by atoms with Gasteiger partial charge in [0.25, 0.3) is 0 Å². The first-order valence-electron chi connectivity index (χ1n) is 8.61. The highest BCUT2D eigenvalue weighted by Crippen LogP contribution is 2.27. The lowest BCUT2D eigenvalue weighted by Gasteiger charge is -2.11. The fourth-order valence-corrected chi connectivity index (χ4v) is 3.29. The molecule has 0 spiro atoms. The van der Waals surface area contributed by atoms with Crippen LogP contribution in [0.5, 0.6) is 5.75 Å². The van der Waals surface area contributed by atoms with E-state index >= 15 is 0 Å². The minimum atomic E-state index is 0.518. The quantitative estimate of drug-likeness (QED) is 0.442. The van der Waals surface area contributed by atoms with Crippen molar-refractivity contribution in [3.8, 4) is 5.75 Å². The third kappa shape index (κ3) is 5.87. The second-order valence-corrected chi connectivity index (χ2v) is 7.38. The topological polar surface area (TPSA) is 21.3 Å². The van der Waals surface area contributed by atoms with Gasteiger partial charge < -0.3 is 10.1 Å². The zero-order valence-electron chi connectivity index (χ0n) is 14.4. The number of ether oxygens (including phenoxy) is 1. The van der Waals surface area contributed by atoms with Gasteiger partial charge in [-0.1, -0.05) is 60.1 Å². The van der Waals surface area contributed by atoms with Crippen LogP contribution in [0.2, 0.25) is 5.02 Å². The molecule has 0 aliphatic heterocycles. The molecule has 26 heavy (non-hydrogen) atoms. The summed E-state index contributed by atoms with van der Waals surface area (Å²) in [6, 6.07) is 24.4. The second-order valence-electron chi connectivity index (χ2n) is 6.09. The van der Waals surface area contributed by atoms with Gasteiger partial charge in [0, 0.05) is 11.6 Å². The summed E-state index contributed by atoms with van der Waals surface area (Å²) < 4.78 is 6.86. The molecule has 0 heterocycles. The van der Waals surface area contributed by atoms with Gasteiger partial charge >= 0.3 is 0 Å². The zero-order chi connectivity index (χ0) is 18.2. The molecular weight excluding hydrogens is 410 g/mol. The molecule has 3 aromatic carbocycles. The molecule has 0 unspecified atom stereocenters. The molecular formula is C22H21BrClNO. The van der Waals surface area contributed by atoms with Crippen LogP contribution < -0.4 is 10.1 Å². The van der Waals surface area contributed by atoms with E-state index in [4.69, 9.17) is 16.3 Å². The molecule has 4 heteroatoms. The van der Waals surface area contributed by atoms with Crippen molar-refractivity contribution in [1.82, 2.24) is 5.32 Å². The fraction of sp³-hybridized carbons (Fsp3) is 0.182. The van der Waals surface area contributed by atoms with Gasteiger partial charge in [-0.05, 0) is 69.9 Å². The lowest BCUT2D eigenvalue weighted by atomic mass is 10.1. The van der Waals surface area contributed by atoms with Crippen molar-refractivity contribution in [2.75, 3.05) is 6.54 Å². The van der Waals surface area contributed by atoms with Crippen molar-refractivity contribution >= 4 is 27.5 Å². The maximum Gasteiger partial charge on any atom is 0.134 e. The van der Waals surface area contributed by atoms with Crippen LogP contribution in [0.25, 0.3) is 0 Å². The first kappa shape index (κ1) is 19.0. The average Bonchev–Trinajstić information content (AvgIpc) is 2.67. The highest BCUT2D eigenvalue weighted by Gasteiger charge is 2.04. The molecule has 0 aliphatic rings. The summed E-state index contributed by atoms with van der Waals surface area (Å²) in [5, 5.41) is 4.22. The maximum atomic E-state index is 5.90. The molecule has 0 aromatic heterocycles. The number of halogens is 2. The number of benzene rings is 3. The van der Waals surface area contributed by atoms with Crippen LogP contribution >= 0.6 is 27.5 Å². The molecule has 0 radical (unpaired) electrons. The summed E-state index contributed by atoms with van der Waals surface area (Å²) in [5.41, 5.74) is 3.67. The van der Waals surface area contributed by atoms with Crippen molar-refractivity contribution in [2.24, 2.45) is 0 Å². The number of nitrogens with one attached hydrogen (secondary N) is 1. The van der Waals surface area contributed by atoms with E-state index < -0.39 is 0 Å². The third-order valence-corrected chi connectivity index (χ3v) is 4.94. The molecule has 134 valence electrons. The van der Waals surface area contributed by atoms with Crippen molar-refractivity contribution < 1.29 is 4.74 Å². The summed E-state index contributed by atoms with van der Waals surface area (Å²) in [6.45, 7) is 2.31. The van der Waals surface area contributed by atoms with E-state index in [1.54, 1.807) is 0 Å². The predicted octanol–water partition coefficient (Wildman–Crippen LogP) is 6.01. The Hall–Kier alpha value is -1.81. The lowest BCUT2D eigenvalue weighted by Crippen LogP contribution is -2.16. The molecule has 0 fully saturated rings. The van der Waals surface area contributed by atoms with Crippen LogP contribution in [-0.2, 0) is 19.6 Å². The second kappa shape index (κ2) is 9.77. The fourth-order valence-electron chi connectivity index (χ4n) is 2.62. The van der Waals surface area contributed by atoms with Crippen molar-refractivity contribution in [2.45, 2.75) is 19.6 Å². The first-order valence-corrected chi connectivity index (χ1v) is 9.78. The van der Waals surface area contributed by atoms with Gasteiger partial charge in [-0.25, -0.2) is 0 Å². The van der Waals surface area contributed by atoms with Crippen LogP contribution in [0, 0.1) is 0 Å². The van der Waals surface area contributed by atoms with Gasteiger partial charge in [-0.3, -0.25) is 0 Å². The van der Waals surface area contributed by atoms with Gasteiger partial charge in [-0.2, -0.15) is 0 Å². The minimum Gasteiger partial charge on any atom is -0.488 e. The molecule has 3 rings (SSSR count). The Bertz CT molecular complexity index is 821. The van der Waals surface area contributed by atoms with Crippen molar-refractivity contribution in [1.29, 1.82) is 0 Å². The van der Waals surface area contributed by atoms with E-state index in [0.29, 0.717) is 6.61 Å². The summed E-state index contributed by atoms with van der Waals surface area (Å²) >= 11 is 9.51. The molecule has 0 bridgehead atoms. The van der Waals surface area contributed by atoms with E-state index in [9.17, 15) is 0 Å². The third-order valence-electron chi connectivity index (χ3n) is 4.07. The Labute approximate surface area is 168 Å². The number of hydrogen-bond acceptors (Lipinski definition) is 2. The van der Waals surface area contributed by atoms with E-state index in [1.807, 2.05) is 36.4 Å². The summed E-state index contributed by atoms with van der Waals surface area (Å²) in [6.07, 6.45) is 1.03. The van der Waals surface area contributed by atoms with Gasteiger partial charge in [-0.15, -0.1) is 0 Å². The smallest absolute Gasteiger partial charge is 0.134 e. The SMILES string of the molecule is Clc1ccc(COc2ccc(CNCCc3ccccc3)cc2Br)cc1. The molecule has 2 nitrogen and oxygen atoms in total. The first-order chi connectivity index (χ1) is 12.7. The summed E-state index contributed by atoms with van der Waals surface area (Å²) in [4.78, 5) is 0. The van der Waals surface area contributed by atoms with Crippen molar-refractivity contribution in [3.05, 3.63) is 99.0 Å². The Morgan fingerprint density at radius 1 is 0.846 bits per heavy atom. The van der Waals surface area contributed by atoms with E-state index in [0.717, 1.165) is 40.3 Å². The molecule has 3 aromatic rings. The molecule has 1 N–H and O–H groups in total. The van der Waals surface area contributed by atoms with Crippen LogP contribution in [0.3, 0.4) is 0 Å². The molecule has 0 saturated carbocycles. The normalized spacial score (nSPS) is 10.7. The van der Waals surface area contributed by atoms with E-state index in [-0.39, 0.29) is 0 Å². The Kier molecular flexibility index (Phi) is 7.13. The van der Waals surface area contributed by atoms with Crippen LogP contribution in [0.1, 0.15) is 16.7 Å². The summed E-state index contributed by atoms with van der Waals surface area (Å²) in [5.74, 6) is 0.841. The lowest BCUT2D eigenvalue weighted by molar-refractivity contribution is 0.304. The van der Waals surface area contributed by atoms with Crippen LogP contribution in [-0.4, -0.2) is 6.54 Å². The largest absolute Gasteiger partial charge is 0.488 e. The molecule has 0 atom stereocenters. The van der Waals surface area contributed by atoms with Crippen LogP contribution in [0.4, 0.5) is 0 Å². The monoisotopic (exact) mass is 429 g/mol. The van der Waals surface area contributed by atoms with E-state index in [2.05, 4.69) is 57.6 Å².